The summed E-state index contributed by atoms with van der Waals surface area (Å²) >= 11 is 0. The maximum Gasteiger partial charge on any atom is 0.326 e. The highest BCUT2D eigenvalue weighted by atomic mass is 16.5. The van der Waals surface area contributed by atoms with Crippen LogP contribution in [0.3, 0.4) is 0 Å². The Hall–Kier alpha value is -0.650. The molecule has 0 aromatic carbocycles. The second kappa shape index (κ2) is 8.60. The van der Waals surface area contributed by atoms with Crippen LogP contribution in [-0.4, -0.2) is 50.6 Å². The first-order chi connectivity index (χ1) is 9.54. The van der Waals surface area contributed by atoms with E-state index in [1.165, 1.54) is 7.11 Å². The summed E-state index contributed by atoms with van der Waals surface area (Å²) in [6.45, 7) is 8.09. The lowest BCUT2D eigenvalue weighted by Crippen LogP contribution is -2.51. The van der Waals surface area contributed by atoms with E-state index >= 15 is 0 Å². The van der Waals surface area contributed by atoms with E-state index in [2.05, 4.69) is 12.2 Å². The number of carbonyl (C=O) groups excluding carboxylic acids is 1. The third-order valence-electron chi connectivity index (χ3n) is 3.65. The SMILES string of the molecule is CCCNC1(C(=O)OC)CCC(OCCOC(C)C)C1. The number of carbonyl (C=O) groups is 1. The first kappa shape index (κ1) is 17.4. The summed E-state index contributed by atoms with van der Waals surface area (Å²) in [6.07, 6.45) is 3.66. The molecule has 1 aliphatic carbocycles. The molecule has 0 aromatic heterocycles. The predicted molar refractivity (Wildman–Crippen MR) is 77.7 cm³/mol. The molecule has 1 N–H and O–H groups in total. The minimum atomic E-state index is -0.561. The minimum absolute atomic E-state index is 0.106. The van der Waals surface area contributed by atoms with Crippen molar-refractivity contribution in [2.75, 3.05) is 26.9 Å². The van der Waals surface area contributed by atoms with Crippen molar-refractivity contribution in [3.8, 4) is 0 Å². The van der Waals surface area contributed by atoms with Gasteiger partial charge in [-0.15, -0.1) is 0 Å². The summed E-state index contributed by atoms with van der Waals surface area (Å²) < 4.78 is 16.2. The molecule has 1 saturated carbocycles. The van der Waals surface area contributed by atoms with E-state index in [1.54, 1.807) is 0 Å². The molecule has 5 heteroatoms. The molecular formula is C15H29NO4. The zero-order chi connectivity index (χ0) is 15.0. The molecule has 0 bridgehead atoms. The predicted octanol–water partition coefficient (Wildman–Crippen LogP) is 1.89. The largest absolute Gasteiger partial charge is 0.468 e. The molecule has 20 heavy (non-hydrogen) atoms. The molecule has 5 nitrogen and oxygen atoms in total. The van der Waals surface area contributed by atoms with Crippen molar-refractivity contribution in [1.29, 1.82) is 0 Å². The van der Waals surface area contributed by atoms with Gasteiger partial charge in [0, 0.05) is 6.42 Å². The Morgan fingerprint density at radius 1 is 1.40 bits per heavy atom. The number of rotatable bonds is 9. The molecule has 118 valence electrons. The number of ether oxygens (including phenoxy) is 3. The normalized spacial score (nSPS) is 26.1. The van der Waals surface area contributed by atoms with Crippen molar-refractivity contribution < 1.29 is 19.0 Å². The molecule has 0 amide bonds. The Balaban J connectivity index is 2.41. The Labute approximate surface area is 122 Å². The number of esters is 1. The van der Waals surface area contributed by atoms with E-state index in [1.807, 2.05) is 13.8 Å². The van der Waals surface area contributed by atoms with Gasteiger partial charge in [0.2, 0.25) is 0 Å². The van der Waals surface area contributed by atoms with Crippen LogP contribution in [0.4, 0.5) is 0 Å². The molecule has 1 rings (SSSR count). The van der Waals surface area contributed by atoms with Gasteiger partial charge in [-0.1, -0.05) is 6.92 Å². The first-order valence-electron chi connectivity index (χ1n) is 7.60. The summed E-state index contributed by atoms with van der Waals surface area (Å²) in [6, 6.07) is 0. The van der Waals surface area contributed by atoms with Gasteiger partial charge in [-0.05, 0) is 39.7 Å². The molecule has 0 saturated heterocycles. The summed E-state index contributed by atoms with van der Waals surface area (Å²) in [5.74, 6) is -0.171. The number of hydrogen-bond donors (Lipinski definition) is 1. The second-order valence-corrected chi connectivity index (χ2v) is 5.66. The van der Waals surface area contributed by atoms with Gasteiger partial charge in [-0.2, -0.15) is 0 Å². The highest BCUT2D eigenvalue weighted by molar-refractivity contribution is 5.81. The smallest absolute Gasteiger partial charge is 0.326 e. The van der Waals surface area contributed by atoms with Gasteiger partial charge >= 0.3 is 5.97 Å². The summed E-state index contributed by atoms with van der Waals surface area (Å²) in [5.41, 5.74) is -0.561. The van der Waals surface area contributed by atoms with Gasteiger partial charge in [0.05, 0.1) is 32.5 Å². The average molecular weight is 287 g/mol. The molecule has 1 aliphatic rings. The highest BCUT2D eigenvalue weighted by Crippen LogP contribution is 2.33. The van der Waals surface area contributed by atoms with Gasteiger partial charge in [0.25, 0.3) is 0 Å². The average Bonchev–Trinajstić information content (AvgIpc) is 2.85. The zero-order valence-electron chi connectivity index (χ0n) is 13.2. The lowest BCUT2D eigenvalue weighted by molar-refractivity contribution is -0.149. The molecule has 0 spiro atoms. The Kier molecular flexibility index (Phi) is 7.48. The summed E-state index contributed by atoms with van der Waals surface area (Å²) in [4.78, 5) is 12.0. The van der Waals surface area contributed by atoms with Crippen LogP contribution >= 0.6 is 0 Å². The van der Waals surface area contributed by atoms with Crippen LogP contribution in [-0.2, 0) is 19.0 Å². The molecule has 0 aromatic rings. The maximum absolute atomic E-state index is 12.0. The molecule has 2 atom stereocenters. The highest BCUT2D eigenvalue weighted by Gasteiger charge is 2.46. The zero-order valence-corrected chi connectivity index (χ0v) is 13.2. The lowest BCUT2D eigenvalue weighted by atomic mass is 9.97. The molecule has 1 fully saturated rings. The van der Waals surface area contributed by atoms with E-state index in [0.29, 0.717) is 19.6 Å². The lowest BCUT2D eigenvalue weighted by Gasteiger charge is -2.27. The van der Waals surface area contributed by atoms with E-state index in [0.717, 1.165) is 25.8 Å². The van der Waals surface area contributed by atoms with Gasteiger partial charge < -0.3 is 19.5 Å². The molecule has 0 radical (unpaired) electrons. The van der Waals surface area contributed by atoms with Crippen LogP contribution in [0.1, 0.15) is 46.5 Å². The Bertz CT molecular complexity index is 296. The molecular weight excluding hydrogens is 258 g/mol. The van der Waals surface area contributed by atoms with Gasteiger partial charge in [-0.3, -0.25) is 4.79 Å². The van der Waals surface area contributed by atoms with Gasteiger partial charge in [0.15, 0.2) is 0 Å². The van der Waals surface area contributed by atoms with Crippen molar-refractivity contribution in [3.05, 3.63) is 0 Å². The van der Waals surface area contributed by atoms with Crippen molar-refractivity contribution in [3.63, 3.8) is 0 Å². The fourth-order valence-corrected chi connectivity index (χ4v) is 2.62. The van der Waals surface area contributed by atoms with Crippen LogP contribution < -0.4 is 5.32 Å². The molecule has 0 heterocycles. The third-order valence-corrected chi connectivity index (χ3v) is 3.65. The van der Waals surface area contributed by atoms with Crippen molar-refractivity contribution in [1.82, 2.24) is 5.32 Å². The fourth-order valence-electron chi connectivity index (χ4n) is 2.62. The number of nitrogens with one attached hydrogen (secondary N) is 1. The van der Waals surface area contributed by atoms with Crippen molar-refractivity contribution >= 4 is 5.97 Å². The number of methoxy groups -OCH3 is 1. The van der Waals surface area contributed by atoms with E-state index < -0.39 is 5.54 Å². The summed E-state index contributed by atoms with van der Waals surface area (Å²) in [7, 11) is 1.45. The topological polar surface area (TPSA) is 56.8 Å². The van der Waals surface area contributed by atoms with Crippen LogP contribution in [0, 0.1) is 0 Å². The van der Waals surface area contributed by atoms with Crippen LogP contribution in [0.2, 0.25) is 0 Å². The first-order valence-corrected chi connectivity index (χ1v) is 7.60. The fraction of sp³-hybridized carbons (Fsp3) is 0.933. The Morgan fingerprint density at radius 2 is 2.15 bits per heavy atom. The summed E-state index contributed by atoms with van der Waals surface area (Å²) in [5, 5.41) is 3.35. The van der Waals surface area contributed by atoms with Crippen molar-refractivity contribution in [2.24, 2.45) is 0 Å². The number of hydrogen-bond acceptors (Lipinski definition) is 5. The second-order valence-electron chi connectivity index (χ2n) is 5.66. The standard InChI is InChI=1S/C15H29NO4/c1-5-8-16-15(14(17)18-4)7-6-13(11-15)20-10-9-19-12(2)3/h12-13,16H,5-11H2,1-4H3. The van der Waals surface area contributed by atoms with Crippen LogP contribution in [0.15, 0.2) is 0 Å². The van der Waals surface area contributed by atoms with E-state index in [9.17, 15) is 4.79 Å². The molecule has 0 aliphatic heterocycles. The van der Waals surface area contributed by atoms with Gasteiger partial charge in [0.1, 0.15) is 5.54 Å². The Morgan fingerprint density at radius 3 is 2.75 bits per heavy atom. The minimum Gasteiger partial charge on any atom is -0.468 e. The quantitative estimate of drug-likeness (QED) is 0.518. The van der Waals surface area contributed by atoms with Crippen LogP contribution in [0.25, 0.3) is 0 Å². The van der Waals surface area contributed by atoms with E-state index in [-0.39, 0.29) is 18.2 Å². The van der Waals surface area contributed by atoms with Crippen LogP contribution in [0.5, 0.6) is 0 Å². The monoisotopic (exact) mass is 287 g/mol. The van der Waals surface area contributed by atoms with Gasteiger partial charge in [-0.25, -0.2) is 0 Å². The van der Waals surface area contributed by atoms with E-state index in [4.69, 9.17) is 14.2 Å². The maximum atomic E-state index is 12.0. The third kappa shape index (κ3) is 5.04. The van der Waals surface area contributed by atoms with Crippen molar-refractivity contribution in [2.45, 2.75) is 64.2 Å². The molecule has 2 unspecified atom stereocenters.